The lowest BCUT2D eigenvalue weighted by Gasteiger charge is -2.35. The molecule has 0 aromatic rings. The Balaban J connectivity index is 2.09. The molecule has 1 heterocycles. The fraction of sp³-hybridized carbons (Fsp3) is 0.750. The molecule has 5 N–H and O–H groups in total. The van der Waals surface area contributed by atoms with Crippen molar-refractivity contribution in [2.75, 3.05) is 6.54 Å². The van der Waals surface area contributed by atoms with Crippen molar-refractivity contribution in [3.05, 3.63) is 0 Å². The van der Waals surface area contributed by atoms with E-state index in [1.165, 1.54) is 0 Å². The predicted octanol–water partition coefficient (Wildman–Crippen LogP) is -0.312. The zero-order valence-electron chi connectivity index (χ0n) is 10.8. The lowest BCUT2D eigenvalue weighted by atomic mass is 9.72. The van der Waals surface area contributed by atoms with Gasteiger partial charge in [-0.1, -0.05) is 24.4 Å². The Bertz CT molecular complexity index is 402. The van der Waals surface area contributed by atoms with E-state index in [1.807, 2.05) is 0 Å². The third-order valence-electron chi connectivity index (χ3n) is 4.05. The number of hydrogen-bond acceptors (Lipinski definition) is 4. The molecule has 0 aromatic carbocycles. The van der Waals surface area contributed by atoms with Crippen LogP contribution in [0.3, 0.4) is 0 Å². The van der Waals surface area contributed by atoms with Gasteiger partial charge in [0.15, 0.2) is 5.84 Å². The van der Waals surface area contributed by atoms with Crippen LogP contribution < -0.4 is 16.4 Å². The van der Waals surface area contributed by atoms with Gasteiger partial charge >= 0.3 is 0 Å². The monoisotopic (exact) mass is 268 g/mol. The molecular weight excluding hydrogens is 248 g/mol. The summed E-state index contributed by atoms with van der Waals surface area (Å²) in [5.74, 6) is -0.322. The molecule has 1 unspecified atom stereocenters. The van der Waals surface area contributed by atoms with Crippen molar-refractivity contribution in [3.63, 3.8) is 0 Å². The summed E-state index contributed by atoms with van der Waals surface area (Å²) >= 11 is 0. The molecule has 0 aromatic heterocycles. The van der Waals surface area contributed by atoms with E-state index in [-0.39, 0.29) is 30.1 Å². The average molecular weight is 268 g/mol. The predicted molar refractivity (Wildman–Crippen MR) is 68.5 cm³/mol. The Kier molecular flexibility index (Phi) is 3.92. The molecule has 1 saturated carbocycles. The molecule has 0 radical (unpaired) electrons. The normalized spacial score (nSPS) is 26.8. The van der Waals surface area contributed by atoms with Crippen LogP contribution in [0.5, 0.6) is 0 Å². The number of carbonyl (C=O) groups excluding carboxylic acids is 2. The molecule has 1 saturated heterocycles. The van der Waals surface area contributed by atoms with Crippen molar-refractivity contribution >= 4 is 17.6 Å². The van der Waals surface area contributed by atoms with Crippen molar-refractivity contribution in [3.8, 4) is 0 Å². The first-order valence-corrected chi connectivity index (χ1v) is 6.64. The van der Waals surface area contributed by atoms with Crippen molar-refractivity contribution in [2.24, 2.45) is 16.3 Å². The van der Waals surface area contributed by atoms with Gasteiger partial charge in [0.05, 0.1) is 6.04 Å². The maximum Gasteiger partial charge on any atom is 0.234 e. The highest BCUT2D eigenvalue weighted by atomic mass is 16.4. The number of nitrogens with zero attached hydrogens (tertiary/aromatic N) is 1. The zero-order valence-corrected chi connectivity index (χ0v) is 10.8. The van der Waals surface area contributed by atoms with Gasteiger partial charge in [0.1, 0.15) is 5.41 Å². The van der Waals surface area contributed by atoms with Crippen molar-refractivity contribution in [1.82, 2.24) is 10.6 Å². The molecule has 7 nitrogen and oxygen atoms in total. The summed E-state index contributed by atoms with van der Waals surface area (Å²) in [7, 11) is 0. The second-order valence-corrected chi connectivity index (χ2v) is 5.31. The highest BCUT2D eigenvalue weighted by Crippen LogP contribution is 2.37. The third kappa shape index (κ3) is 2.64. The molecule has 0 spiro atoms. The second kappa shape index (κ2) is 5.46. The highest BCUT2D eigenvalue weighted by Gasteiger charge is 2.44. The first-order valence-electron chi connectivity index (χ1n) is 6.64. The number of amidine groups is 1. The fourth-order valence-corrected chi connectivity index (χ4v) is 2.88. The van der Waals surface area contributed by atoms with Gasteiger partial charge in [-0.15, -0.1) is 0 Å². The minimum absolute atomic E-state index is 0.0259. The van der Waals surface area contributed by atoms with E-state index in [4.69, 9.17) is 10.9 Å². The van der Waals surface area contributed by atoms with E-state index >= 15 is 0 Å². The smallest absolute Gasteiger partial charge is 0.234 e. The zero-order chi connectivity index (χ0) is 13.9. The molecule has 1 aliphatic carbocycles. The van der Waals surface area contributed by atoms with Gasteiger partial charge in [0, 0.05) is 13.0 Å². The topological polar surface area (TPSA) is 117 Å². The summed E-state index contributed by atoms with van der Waals surface area (Å²) in [5, 5.41) is 17.5. The van der Waals surface area contributed by atoms with Crippen LogP contribution in [0.15, 0.2) is 5.16 Å². The van der Waals surface area contributed by atoms with Crippen molar-refractivity contribution in [1.29, 1.82) is 0 Å². The van der Waals surface area contributed by atoms with E-state index in [2.05, 4.69) is 15.8 Å². The van der Waals surface area contributed by atoms with E-state index in [0.717, 1.165) is 19.3 Å². The molecule has 1 atom stereocenters. The van der Waals surface area contributed by atoms with Crippen LogP contribution in [-0.2, 0) is 9.59 Å². The van der Waals surface area contributed by atoms with Crippen LogP contribution in [0.25, 0.3) is 0 Å². The first-order chi connectivity index (χ1) is 9.08. The Morgan fingerprint density at radius 3 is 2.63 bits per heavy atom. The van der Waals surface area contributed by atoms with Crippen LogP contribution >= 0.6 is 0 Å². The molecule has 2 amide bonds. The highest BCUT2D eigenvalue weighted by molar-refractivity contribution is 6.07. The van der Waals surface area contributed by atoms with E-state index in [1.54, 1.807) is 0 Å². The van der Waals surface area contributed by atoms with E-state index < -0.39 is 5.41 Å². The fourth-order valence-electron chi connectivity index (χ4n) is 2.88. The molecule has 1 aliphatic heterocycles. The van der Waals surface area contributed by atoms with E-state index in [9.17, 15) is 9.59 Å². The summed E-state index contributed by atoms with van der Waals surface area (Å²) < 4.78 is 0. The number of rotatable bonds is 3. The van der Waals surface area contributed by atoms with Gasteiger partial charge in [-0.3, -0.25) is 9.59 Å². The molecule has 0 bridgehead atoms. The minimum Gasteiger partial charge on any atom is -0.409 e. The van der Waals surface area contributed by atoms with Crippen LogP contribution in [0.4, 0.5) is 0 Å². The van der Waals surface area contributed by atoms with Gasteiger partial charge in [0.25, 0.3) is 0 Å². The SMILES string of the molecule is NC(=NO)C1(C(=O)NC2CNC(=O)C2)CCCCC1. The van der Waals surface area contributed by atoms with Crippen molar-refractivity contribution < 1.29 is 14.8 Å². The summed E-state index contributed by atoms with van der Waals surface area (Å²) in [6.07, 6.45) is 4.28. The van der Waals surface area contributed by atoms with Gasteiger partial charge in [-0.2, -0.15) is 0 Å². The summed E-state index contributed by atoms with van der Waals surface area (Å²) in [4.78, 5) is 23.6. The molecular formula is C12H20N4O3. The van der Waals surface area contributed by atoms with Crippen LogP contribution in [-0.4, -0.2) is 35.4 Å². The Labute approximate surface area is 111 Å². The minimum atomic E-state index is -0.918. The lowest BCUT2D eigenvalue weighted by Crippen LogP contribution is -2.53. The van der Waals surface area contributed by atoms with Gasteiger partial charge < -0.3 is 21.6 Å². The lowest BCUT2D eigenvalue weighted by molar-refractivity contribution is -0.129. The Morgan fingerprint density at radius 1 is 1.42 bits per heavy atom. The van der Waals surface area contributed by atoms with Crippen LogP contribution in [0.2, 0.25) is 0 Å². The average Bonchev–Trinajstić information content (AvgIpc) is 2.83. The number of amides is 2. The van der Waals surface area contributed by atoms with Gasteiger partial charge in [0.2, 0.25) is 11.8 Å². The Morgan fingerprint density at radius 2 is 2.11 bits per heavy atom. The molecule has 2 rings (SSSR count). The van der Waals surface area contributed by atoms with Gasteiger partial charge in [-0.05, 0) is 12.8 Å². The maximum absolute atomic E-state index is 12.5. The maximum atomic E-state index is 12.5. The number of nitrogens with two attached hydrogens (primary N) is 1. The molecule has 2 fully saturated rings. The molecule has 19 heavy (non-hydrogen) atoms. The number of oxime groups is 1. The molecule has 106 valence electrons. The summed E-state index contributed by atoms with van der Waals surface area (Å²) in [5.41, 5.74) is 4.82. The van der Waals surface area contributed by atoms with Gasteiger partial charge in [-0.25, -0.2) is 0 Å². The van der Waals surface area contributed by atoms with E-state index in [0.29, 0.717) is 19.4 Å². The second-order valence-electron chi connectivity index (χ2n) is 5.31. The number of nitrogens with one attached hydrogen (secondary N) is 2. The summed E-state index contributed by atoms with van der Waals surface area (Å²) in [6.45, 7) is 0.441. The third-order valence-corrected chi connectivity index (χ3v) is 4.05. The van der Waals surface area contributed by atoms with Crippen LogP contribution in [0.1, 0.15) is 38.5 Å². The Hall–Kier alpha value is -1.79. The quantitative estimate of drug-likeness (QED) is 0.243. The standard InChI is InChI=1S/C12H20N4O3/c13-10(16-19)12(4-2-1-3-5-12)11(18)15-8-6-9(17)14-7-8/h8,19H,1-7H2,(H2,13,16)(H,14,17)(H,15,18). The largest absolute Gasteiger partial charge is 0.409 e. The molecule has 2 aliphatic rings. The summed E-state index contributed by atoms with van der Waals surface area (Å²) in [6, 6.07) is -0.203. The van der Waals surface area contributed by atoms with Crippen molar-refractivity contribution in [2.45, 2.75) is 44.6 Å². The number of carbonyl (C=O) groups is 2. The van der Waals surface area contributed by atoms with Crippen LogP contribution in [0, 0.1) is 5.41 Å². The first kappa shape index (κ1) is 13.6. The molecule has 7 heteroatoms. The number of hydrogen-bond donors (Lipinski definition) is 4.